The van der Waals surface area contributed by atoms with Crippen molar-refractivity contribution >= 4 is 39.1 Å². The number of anilines is 1. The summed E-state index contributed by atoms with van der Waals surface area (Å²) in [6, 6.07) is 16.5. The molecule has 1 N–H and O–H groups in total. The fourth-order valence-corrected chi connectivity index (χ4v) is 5.80. The zero-order chi connectivity index (χ0) is 31.7. The van der Waals surface area contributed by atoms with Gasteiger partial charge in [0.05, 0.1) is 31.9 Å². The van der Waals surface area contributed by atoms with Crippen LogP contribution in [-0.4, -0.2) is 65.6 Å². The highest BCUT2D eigenvalue weighted by Crippen LogP contribution is 2.32. The topological polar surface area (TPSA) is 114 Å². The second-order valence-electron chi connectivity index (χ2n) is 10.2. The van der Waals surface area contributed by atoms with Crippen LogP contribution in [0.5, 0.6) is 17.2 Å². The monoisotopic (exact) mass is 631 g/mol. The molecule has 0 saturated heterocycles. The summed E-state index contributed by atoms with van der Waals surface area (Å²) < 4.78 is 45.1. The Labute approximate surface area is 258 Å². The van der Waals surface area contributed by atoms with E-state index in [1.54, 1.807) is 31.2 Å². The van der Waals surface area contributed by atoms with Crippen molar-refractivity contribution in [2.75, 3.05) is 38.7 Å². The van der Waals surface area contributed by atoms with Crippen LogP contribution in [0.25, 0.3) is 0 Å². The summed E-state index contributed by atoms with van der Waals surface area (Å²) in [6.45, 7) is 5.42. The fourth-order valence-electron chi connectivity index (χ4n) is 4.24. The van der Waals surface area contributed by atoms with Gasteiger partial charge in [0.2, 0.25) is 11.8 Å². The van der Waals surface area contributed by atoms with E-state index in [0.717, 1.165) is 4.31 Å². The van der Waals surface area contributed by atoms with Crippen LogP contribution in [0.2, 0.25) is 5.02 Å². The normalized spacial score (nSPS) is 11.9. The Bertz CT molecular complexity index is 1510. The number of hydrogen-bond donors (Lipinski definition) is 1. The smallest absolute Gasteiger partial charge is 0.264 e. The average molecular weight is 632 g/mol. The fraction of sp³-hybridized carbons (Fsp3) is 0.355. The standard InChI is InChI=1S/C31H38ClN3O7S/c1-21(2)18-33-31(37)22(3)34(19-23-8-7-9-26(16-23)40-4)30(36)20-35(25-12-10-24(32)11-13-25)43(38,39)27-14-15-28(41-5)29(17-27)42-6/h7-17,21-22H,18-20H2,1-6H3,(H,33,37)/t22-/m0/s1. The van der Waals surface area contributed by atoms with E-state index in [9.17, 15) is 18.0 Å². The number of nitrogens with zero attached hydrogens (tertiary/aromatic N) is 2. The lowest BCUT2D eigenvalue weighted by Gasteiger charge is -2.32. The van der Waals surface area contributed by atoms with Gasteiger partial charge >= 0.3 is 0 Å². The first kappa shape index (κ1) is 33.5. The van der Waals surface area contributed by atoms with Crippen molar-refractivity contribution in [2.24, 2.45) is 5.92 Å². The molecule has 0 aromatic heterocycles. The SMILES string of the molecule is COc1cccc(CN(C(=O)CN(c2ccc(Cl)cc2)S(=O)(=O)c2ccc(OC)c(OC)c2)[C@@H](C)C(=O)NCC(C)C)c1. The molecule has 3 aromatic carbocycles. The Balaban J connectivity index is 2.06. The summed E-state index contributed by atoms with van der Waals surface area (Å²) in [5.41, 5.74) is 0.919. The predicted octanol–water partition coefficient (Wildman–Crippen LogP) is 4.75. The van der Waals surface area contributed by atoms with Gasteiger partial charge in [-0.1, -0.05) is 37.6 Å². The number of sulfonamides is 1. The third-order valence-electron chi connectivity index (χ3n) is 6.68. The lowest BCUT2D eigenvalue weighted by Crippen LogP contribution is -2.51. The molecule has 0 aliphatic carbocycles. The van der Waals surface area contributed by atoms with Gasteiger partial charge in [-0.2, -0.15) is 0 Å². The third kappa shape index (κ3) is 8.55. The van der Waals surface area contributed by atoms with Gasteiger partial charge in [0.15, 0.2) is 11.5 Å². The number of methoxy groups -OCH3 is 3. The van der Waals surface area contributed by atoms with Crippen molar-refractivity contribution < 1.29 is 32.2 Å². The van der Waals surface area contributed by atoms with Crippen LogP contribution in [0.1, 0.15) is 26.3 Å². The molecule has 0 fully saturated rings. The number of rotatable bonds is 14. The maximum Gasteiger partial charge on any atom is 0.264 e. The van der Waals surface area contributed by atoms with E-state index in [2.05, 4.69) is 5.32 Å². The molecule has 43 heavy (non-hydrogen) atoms. The molecule has 10 nitrogen and oxygen atoms in total. The van der Waals surface area contributed by atoms with Crippen molar-refractivity contribution in [3.05, 3.63) is 77.3 Å². The van der Waals surface area contributed by atoms with Crippen molar-refractivity contribution in [3.63, 3.8) is 0 Å². The number of hydrogen-bond acceptors (Lipinski definition) is 7. The van der Waals surface area contributed by atoms with Gasteiger partial charge in [0, 0.05) is 24.2 Å². The Morgan fingerprint density at radius 2 is 1.56 bits per heavy atom. The summed E-state index contributed by atoms with van der Waals surface area (Å²) in [5, 5.41) is 3.26. The Morgan fingerprint density at radius 3 is 2.16 bits per heavy atom. The third-order valence-corrected chi connectivity index (χ3v) is 8.70. The summed E-state index contributed by atoms with van der Waals surface area (Å²) in [4.78, 5) is 28.5. The first-order valence-corrected chi connectivity index (χ1v) is 15.4. The van der Waals surface area contributed by atoms with Gasteiger partial charge < -0.3 is 24.4 Å². The van der Waals surface area contributed by atoms with Crippen LogP contribution < -0.4 is 23.8 Å². The molecule has 12 heteroatoms. The quantitative estimate of drug-likeness (QED) is 0.273. The Kier molecular flexibility index (Phi) is 11.7. The molecule has 0 heterocycles. The highest BCUT2D eigenvalue weighted by atomic mass is 35.5. The maximum atomic E-state index is 14.1. The van der Waals surface area contributed by atoms with Gasteiger partial charge in [-0.15, -0.1) is 0 Å². The molecular formula is C31H38ClN3O7S. The van der Waals surface area contributed by atoms with Gasteiger partial charge in [0.1, 0.15) is 18.3 Å². The molecule has 0 unspecified atom stereocenters. The van der Waals surface area contributed by atoms with Crippen molar-refractivity contribution in [2.45, 2.75) is 38.3 Å². The van der Waals surface area contributed by atoms with Crippen LogP contribution in [0, 0.1) is 5.92 Å². The van der Waals surface area contributed by atoms with Crippen LogP contribution in [0.3, 0.4) is 0 Å². The largest absolute Gasteiger partial charge is 0.497 e. The van der Waals surface area contributed by atoms with E-state index in [1.807, 2.05) is 13.8 Å². The van der Waals surface area contributed by atoms with Gasteiger partial charge in [0.25, 0.3) is 10.0 Å². The lowest BCUT2D eigenvalue weighted by molar-refractivity contribution is -0.139. The van der Waals surface area contributed by atoms with E-state index in [0.29, 0.717) is 28.6 Å². The minimum atomic E-state index is -4.32. The number of carbonyl (C=O) groups is 2. The van der Waals surface area contributed by atoms with Crippen molar-refractivity contribution in [1.29, 1.82) is 0 Å². The van der Waals surface area contributed by atoms with Crippen LogP contribution in [0.4, 0.5) is 5.69 Å². The Morgan fingerprint density at radius 1 is 0.884 bits per heavy atom. The number of benzene rings is 3. The van der Waals surface area contributed by atoms with Crippen molar-refractivity contribution in [3.8, 4) is 17.2 Å². The number of nitrogens with one attached hydrogen (secondary N) is 1. The second kappa shape index (κ2) is 15.0. The summed E-state index contributed by atoms with van der Waals surface area (Å²) in [6.07, 6.45) is 0. The van der Waals surface area contributed by atoms with E-state index < -0.39 is 28.5 Å². The zero-order valence-electron chi connectivity index (χ0n) is 25.2. The Hall–Kier alpha value is -3.96. The first-order chi connectivity index (χ1) is 20.4. The lowest BCUT2D eigenvalue weighted by atomic mass is 10.1. The van der Waals surface area contributed by atoms with Gasteiger partial charge in [-0.3, -0.25) is 13.9 Å². The van der Waals surface area contributed by atoms with Gasteiger partial charge in [-0.05, 0) is 66.9 Å². The highest BCUT2D eigenvalue weighted by molar-refractivity contribution is 7.92. The molecular weight excluding hydrogens is 594 g/mol. The molecule has 0 bridgehead atoms. The zero-order valence-corrected chi connectivity index (χ0v) is 26.7. The maximum absolute atomic E-state index is 14.1. The van der Waals surface area contributed by atoms with Crippen LogP contribution >= 0.6 is 11.6 Å². The van der Waals surface area contributed by atoms with E-state index >= 15 is 0 Å². The van der Waals surface area contributed by atoms with E-state index in [4.69, 9.17) is 25.8 Å². The number of ether oxygens (including phenoxy) is 3. The number of amides is 2. The molecule has 2 amide bonds. The first-order valence-electron chi connectivity index (χ1n) is 13.6. The molecule has 3 rings (SSSR count). The number of halogens is 1. The molecule has 3 aromatic rings. The highest BCUT2D eigenvalue weighted by Gasteiger charge is 2.33. The minimum Gasteiger partial charge on any atom is -0.497 e. The summed E-state index contributed by atoms with van der Waals surface area (Å²) in [7, 11) is 0.0616. The second-order valence-corrected chi connectivity index (χ2v) is 12.5. The summed E-state index contributed by atoms with van der Waals surface area (Å²) in [5.74, 6) is 0.397. The van der Waals surface area contributed by atoms with E-state index in [1.165, 1.54) is 68.7 Å². The van der Waals surface area contributed by atoms with E-state index in [-0.39, 0.29) is 34.7 Å². The molecule has 0 saturated carbocycles. The minimum absolute atomic E-state index is 0.0389. The van der Waals surface area contributed by atoms with Crippen molar-refractivity contribution in [1.82, 2.24) is 10.2 Å². The molecule has 0 spiro atoms. The summed E-state index contributed by atoms with van der Waals surface area (Å²) >= 11 is 6.09. The van der Waals surface area contributed by atoms with Crippen LogP contribution in [0.15, 0.2) is 71.6 Å². The molecule has 1 atom stereocenters. The molecule has 232 valence electrons. The van der Waals surface area contributed by atoms with Gasteiger partial charge in [-0.25, -0.2) is 8.42 Å². The molecule has 0 radical (unpaired) electrons. The molecule has 0 aliphatic heterocycles. The average Bonchev–Trinajstić information content (AvgIpc) is 3.00. The number of carbonyl (C=O) groups excluding carboxylic acids is 2. The van der Waals surface area contributed by atoms with Crippen LogP contribution in [-0.2, 0) is 26.2 Å². The molecule has 0 aliphatic rings. The predicted molar refractivity (Wildman–Crippen MR) is 166 cm³/mol.